The largest absolute Gasteiger partial charge is 0.507 e. The van der Waals surface area contributed by atoms with Crippen LogP contribution in [-0.2, 0) is 14.2 Å². The number of hydrogen-bond acceptors (Lipinski definition) is 10. The highest BCUT2D eigenvalue weighted by Crippen LogP contribution is 2.40. The van der Waals surface area contributed by atoms with Gasteiger partial charge in [0.2, 0.25) is 6.29 Å². The number of ether oxygens (including phenoxy) is 4. The third kappa shape index (κ3) is 4.80. The van der Waals surface area contributed by atoms with Crippen molar-refractivity contribution in [3.8, 4) is 11.5 Å². The smallest absolute Gasteiger partial charge is 0.202 e. The van der Waals surface area contributed by atoms with Crippen molar-refractivity contribution in [2.75, 3.05) is 0 Å². The fraction of sp³-hybridized carbons (Fsp3) is 0.419. The third-order valence-corrected chi connectivity index (χ3v) is 8.10. The van der Waals surface area contributed by atoms with Crippen molar-refractivity contribution in [3.63, 3.8) is 0 Å². The molecule has 2 heterocycles. The molecular formula is C31H32O10. The van der Waals surface area contributed by atoms with E-state index in [0.29, 0.717) is 10.8 Å². The van der Waals surface area contributed by atoms with Crippen molar-refractivity contribution in [2.45, 2.75) is 82.8 Å². The summed E-state index contributed by atoms with van der Waals surface area (Å²) < 4.78 is 23.6. The van der Waals surface area contributed by atoms with Crippen molar-refractivity contribution in [3.05, 3.63) is 70.3 Å². The number of ketones is 2. The monoisotopic (exact) mass is 564 g/mol. The van der Waals surface area contributed by atoms with Gasteiger partial charge in [0.15, 0.2) is 17.9 Å². The topological polar surface area (TPSA) is 152 Å². The van der Waals surface area contributed by atoms with Crippen LogP contribution in [0, 0.1) is 6.92 Å². The van der Waals surface area contributed by atoms with Crippen molar-refractivity contribution in [1.82, 2.24) is 0 Å². The molecule has 3 aromatic carbocycles. The molecule has 4 N–H and O–H groups in total. The molecule has 10 nitrogen and oxygen atoms in total. The molecule has 0 spiro atoms. The lowest BCUT2D eigenvalue weighted by atomic mass is 9.81. The quantitative estimate of drug-likeness (QED) is 0.291. The molecule has 0 amide bonds. The highest BCUT2D eigenvalue weighted by molar-refractivity contribution is 6.33. The molecule has 2 saturated heterocycles. The Morgan fingerprint density at radius 1 is 0.829 bits per heavy atom. The number of aliphatic hydroxyl groups is 3. The lowest BCUT2D eigenvalue weighted by Gasteiger charge is -2.42. The number of aromatic hydroxyl groups is 1. The summed E-state index contributed by atoms with van der Waals surface area (Å²) in [6.45, 7) is 5.16. The van der Waals surface area contributed by atoms with Gasteiger partial charge in [0, 0.05) is 34.9 Å². The van der Waals surface area contributed by atoms with Gasteiger partial charge in [-0.05, 0) is 49.9 Å². The molecule has 8 atom stereocenters. The number of fused-ring (bicyclic) bond motifs is 4. The van der Waals surface area contributed by atoms with Crippen LogP contribution in [-0.4, -0.2) is 81.2 Å². The first kappa shape index (κ1) is 27.8. The predicted octanol–water partition coefficient (Wildman–Crippen LogP) is 2.75. The molecule has 10 heteroatoms. The molecule has 216 valence electrons. The van der Waals surface area contributed by atoms with Gasteiger partial charge in [-0.3, -0.25) is 9.59 Å². The van der Waals surface area contributed by atoms with Gasteiger partial charge in [-0.15, -0.1) is 0 Å². The van der Waals surface area contributed by atoms with E-state index in [0.717, 1.165) is 5.56 Å². The van der Waals surface area contributed by atoms with Crippen LogP contribution < -0.4 is 4.74 Å². The maximum absolute atomic E-state index is 13.7. The van der Waals surface area contributed by atoms with Crippen molar-refractivity contribution in [1.29, 1.82) is 0 Å². The number of phenols is 1. The van der Waals surface area contributed by atoms with Crippen molar-refractivity contribution in [2.24, 2.45) is 0 Å². The van der Waals surface area contributed by atoms with Gasteiger partial charge in [-0.2, -0.15) is 0 Å². The summed E-state index contributed by atoms with van der Waals surface area (Å²) in [6.07, 6.45) is -6.89. The average Bonchev–Trinajstić information content (AvgIpc) is 2.91. The molecule has 1 aliphatic carbocycles. The van der Waals surface area contributed by atoms with Crippen LogP contribution in [0.5, 0.6) is 11.5 Å². The zero-order valence-electron chi connectivity index (χ0n) is 22.8. The molecular weight excluding hydrogens is 532 g/mol. The van der Waals surface area contributed by atoms with Crippen molar-refractivity contribution < 1.29 is 49.0 Å². The Kier molecular flexibility index (Phi) is 7.09. The third-order valence-electron chi connectivity index (χ3n) is 8.10. The summed E-state index contributed by atoms with van der Waals surface area (Å²) in [7, 11) is 0. The van der Waals surface area contributed by atoms with Gasteiger partial charge >= 0.3 is 0 Å². The van der Waals surface area contributed by atoms with Gasteiger partial charge in [0.05, 0.1) is 30.0 Å². The van der Waals surface area contributed by atoms with E-state index in [2.05, 4.69) is 0 Å². The summed E-state index contributed by atoms with van der Waals surface area (Å²) in [5, 5.41) is 42.6. The van der Waals surface area contributed by atoms with E-state index < -0.39 is 60.8 Å². The lowest BCUT2D eigenvalue weighted by molar-refractivity contribution is -0.303. The fourth-order valence-electron chi connectivity index (χ4n) is 6.06. The van der Waals surface area contributed by atoms with E-state index in [1.807, 2.05) is 13.0 Å². The number of rotatable bonds is 4. The first-order chi connectivity index (χ1) is 19.5. The van der Waals surface area contributed by atoms with E-state index >= 15 is 0 Å². The first-order valence-electron chi connectivity index (χ1n) is 13.7. The van der Waals surface area contributed by atoms with Gasteiger partial charge in [-0.25, -0.2) is 0 Å². The normalized spacial score (nSPS) is 31.6. The number of phenolic OH excluding ortho intramolecular Hbond substituents is 1. The Morgan fingerprint density at radius 2 is 1.51 bits per heavy atom. The molecule has 2 fully saturated rings. The molecule has 3 aromatic rings. The second-order valence-electron chi connectivity index (χ2n) is 11.1. The van der Waals surface area contributed by atoms with Crippen LogP contribution in [0.1, 0.15) is 64.1 Å². The van der Waals surface area contributed by atoms with Crippen LogP contribution in [0.25, 0.3) is 10.8 Å². The number of aliphatic hydroxyl groups excluding tert-OH is 3. The lowest BCUT2D eigenvalue weighted by Crippen LogP contribution is -2.54. The molecule has 0 unspecified atom stereocenters. The second-order valence-corrected chi connectivity index (χ2v) is 11.1. The van der Waals surface area contributed by atoms with Gasteiger partial charge in [0.1, 0.15) is 23.7 Å². The van der Waals surface area contributed by atoms with Crippen LogP contribution in [0.2, 0.25) is 0 Å². The van der Waals surface area contributed by atoms with Gasteiger partial charge in [-0.1, -0.05) is 24.3 Å². The van der Waals surface area contributed by atoms with Gasteiger partial charge < -0.3 is 39.4 Å². The summed E-state index contributed by atoms with van der Waals surface area (Å²) in [6, 6.07) is 11.4. The van der Waals surface area contributed by atoms with E-state index in [1.165, 1.54) is 0 Å². The minimum absolute atomic E-state index is 0.00269. The number of carbonyl (C=O) groups is 2. The Labute approximate surface area is 236 Å². The Bertz CT molecular complexity index is 1510. The molecule has 0 radical (unpaired) electrons. The van der Waals surface area contributed by atoms with E-state index in [1.54, 1.807) is 50.2 Å². The predicted molar refractivity (Wildman–Crippen MR) is 145 cm³/mol. The molecule has 2 aliphatic heterocycles. The molecule has 0 aromatic heterocycles. The maximum atomic E-state index is 13.7. The summed E-state index contributed by atoms with van der Waals surface area (Å²) in [4.78, 5) is 27.4. The van der Waals surface area contributed by atoms with Gasteiger partial charge in [0.25, 0.3) is 0 Å². The maximum Gasteiger partial charge on any atom is 0.202 e. The second kappa shape index (κ2) is 10.5. The summed E-state index contributed by atoms with van der Waals surface area (Å²) >= 11 is 0. The van der Waals surface area contributed by atoms with Crippen LogP contribution in [0.3, 0.4) is 0 Å². The molecule has 0 saturated carbocycles. The van der Waals surface area contributed by atoms with Crippen LogP contribution in [0.4, 0.5) is 0 Å². The Balaban J connectivity index is 1.23. The fourth-order valence-corrected chi connectivity index (χ4v) is 6.06. The molecule has 41 heavy (non-hydrogen) atoms. The van der Waals surface area contributed by atoms with Crippen LogP contribution in [0.15, 0.2) is 42.5 Å². The number of carbonyl (C=O) groups excluding carboxylic acids is 2. The summed E-state index contributed by atoms with van der Waals surface area (Å²) in [5.41, 5.74) is 1.41. The summed E-state index contributed by atoms with van der Waals surface area (Å²) in [5.74, 6) is -0.736. The Morgan fingerprint density at radius 3 is 2.24 bits per heavy atom. The number of hydrogen-bond donors (Lipinski definition) is 4. The van der Waals surface area contributed by atoms with Crippen molar-refractivity contribution >= 4 is 22.3 Å². The average molecular weight is 565 g/mol. The van der Waals surface area contributed by atoms with Crippen LogP contribution >= 0.6 is 0 Å². The molecule has 3 aliphatic rings. The standard InChI is InChI=1S/C31H32O10/c1-13-9-16-7-8-18-27(25(16)19(32)10-13)30(37)17-5-4-6-22(26(17)29(18)36)40-23-12-21(34)31(15(3)39-23)41-24-11-20(33)28(35)14(2)38-24/h4-10,14-15,20-21,23-24,28,31-35H,11-12H2,1-3H3/t14-,15-,20-,21-,23+,24+,28-,31-/m1/s1. The zero-order chi connectivity index (χ0) is 29.2. The SMILES string of the molecule is Cc1cc(O)c2c3c(ccc2c1)C(=O)c1c(O[C@H]2C[C@@H](O)[C@H](O[C@H]4C[C@@H](O)[C@H](O)[C@@H](C)O4)[C@@H](C)O2)cccc1C3=O. The van der Waals surface area contributed by atoms with E-state index in [9.17, 15) is 30.0 Å². The number of benzene rings is 3. The highest BCUT2D eigenvalue weighted by Gasteiger charge is 2.43. The molecule has 0 bridgehead atoms. The number of aryl methyl sites for hydroxylation is 1. The zero-order valence-corrected chi connectivity index (χ0v) is 22.8. The highest BCUT2D eigenvalue weighted by atomic mass is 16.7. The van der Waals surface area contributed by atoms with E-state index in [4.69, 9.17) is 18.9 Å². The minimum atomic E-state index is -1.03. The Hall–Kier alpha value is -3.38. The molecule has 6 rings (SSSR count). The minimum Gasteiger partial charge on any atom is -0.507 e. The first-order valence-corrected chi connectivity index (χ1v) is 13.7. The van der Waals surface area contributed by atoms with E-state index in [-0.39, 0.29) is 46.6 Å².